The van der Waals surface area contributed by atoms with Crippen LogP contribution in [0.15, 0.2) is 30.5 Å². The number of aromatic nitrogens is 1. The Morgan fingerprint density at radius 2 is 1.84 bits per heavy atom. The summed E-state index contributed by atoms with van der Waals surface area (Å²) in [4.78, 5) is 10.8. The predicted octanol–water partition coefficient (Wildman–Crippen LogP) is 4.13. The summed E-state index contributed by atoms with van der Waals surface area (Å²) >= 11 is 1.83. The van der Waals surface area contributed by atoms with E-state index in [2.05, 4.69) is 59.3 Å². The number of nitrogens with zero attached hydrogens (tertiary/aromatic N) is 3. The maximum absolute atomic E-state index is 5.30. The molecular weight excluding hydrogens is 330 g/mol. The first kappa shape index (κ1) is 16.9. The van der Waals surface area contributed by atoms with E-state index in [4.69, 9.17) is 4.74 Å². The molecule has 0 N–H and O–H groups in total. The van der Waals surface area contributed by atoms with E-state index in [9.17, 15) is 0 Å². The van der Waals surface area contributed by atoms with Crippen LogP contribution in [0, 0.1) is 0 Å². The van der Waals surface area contributed by atoms with Gasteiger partial charge in [-0.2, -0.15) is 0 Å². The number of rotatable bonds is 5. The molecule has 1 unspecified atom stereocenters. The first-order valence-electron chi connectivity index (χ1n) is 9.15. The first-order valence-corrected chi connectivity index (χ1v) is 9.97. The lowest BCUT2D eigenvalue weighted by Gasteiger charge is -2.39. The highest BCUT2D eigenvalue weighted by Gasteiger charge is 2.41. The van der Waals surface area contributed by atoms with Crippen LogP contribution in [0.2, 0.25) is 0 Å². The Kier molecular flexibility index (Phi) is 4.69. The Morgan fingerprint density at radius 3 is 2.40 bits per heavy atom. The average molecular weight is 358 g/mol. The molecule has 5 heteroatoms. The summed E-state index contributed by atoms with van der Waals surface area (Å²) < 4.78 is 5.30. The smallest absolute Gasteiger partial charge is 0.185 e. The lowest BCUT2D eigenvalue weighted by molar-refractivity contribution is 0.120. The summed E-state index contributed by atoms with van der Waals surface area (Å²) in [6.07, 6.45) is 7.31. The van der Waals surface area contributed by atoms with Gasteiger partial charge in [0.15, 0.2) is 5.13 Å². The molecule has 0 aliphatic carbocycles. The van der Waals surface area contributed by atoms with Gasteiger partial charge >= 0.3 is 0 Å². The van der Waals surface area contributed by atoms with Crippen LogP contribution in [0.5, 0.6) is 5.75 Å². The highest BCUT2D eigenvalue weighted by molar-refractivity contribution is 7.15. The van der Waals surface area contributed by atoms with E-state index in [0.29, 0.717) is 5.92 Å². The number of anilines is 1. The molecular formula is C20H27N3OS. The molecule has 0 radical (unpaired) electrons. The number of thiazole rings is 1. The van der Waals surface area contributed by atoms with E-state index in [0.717, 1.165) is 29.5 Å². The molecule has 3 atom stereocenters. The molecule has 2 aliphatic rings. The third-order valence-corrected chi connectivity index (χ3v) is 6.88. The third kappa shape index (κ3) is 3.40. The zero-order valence-corrected chi connectivity index (χ0v) is 16.1. The second kappa shape index (κ2) is 6.96. The van der Waals surface area contributed by atoms with E-state index >= 15 is 0 Å². The van der Waals surface area contributed by atoms with E-state index in [-0.39, 0.29) is 0 Å². The summed E-state index contributed by atoms with van der Waals surface area (Å²) in [6.45, 7) is 1.07. The number of hydrogen-bond donors (Lipinski definition) is 0. The molecule has 4 nitrogen and oxygen atoms in total. The number of methoxy groups -OCH3 is 1. The summed E-state index contributed by atoms with van der Waals surface area (Å²) in [5.74, 6) is 1.64. The van der Waals surface area contributed by atoms with Crippen LogP contribution in [-0.2, 0) is 6.54 Å². The molecule has 0 amide bonds. The topological polar surface area (TPSA) is 28.6 Å². The van der Waals surface area contributed by atoms with Crippen molar-refractivity contribution in [3.05, 3.63) is 40.9 Å². The molecule has 2 saturated heterocycles. The largest absolute Gasteiger partial charge is 0.497 e. The first-order chi connectivity index (χ1) is 12.1. The zero-order chi connectivity index (χ0) is 17.4. The highest BCUT2D eigenvalue weighted by Crippen LogP contribution is 2.44. The Morgan fingerprint density at radius 1 is 1.16 bits per heavy atom. The second-order valence-electron chi connectivity index (χ2n) is 7.50. The highest BCUT2D eigenvalue weighted by atomic mass is 32.1. The molecule has 134 valence electrons. The van der Waals surface area contributed by atoms with Gasteiger partial charge in [0.25, 0.3) is 0 Å². The van der Waals surface area contributed by atoms with Crippen molar-refractivity contribution in [2.45, 2.75) is 50.2 Å². The van der Waals surface area contributed by atoms with Crippen LogP contribution in [0.25, 0.3) is 0 Å². The van der Waals surface area contributed by atoms with Crippen LogP contribution in [0.4, 0.5) is 5.13 Å². The Labute approximate surface area is 154 Å². The van der Waals surface area contributed by atoms with Crippen molar-refractivity contribution in [1.29, 1.82) is 0 Å². The molecule has 2 bridgehead atoms. The molecule has 1 aromatic heterocycles. The van der Waals surface area contributed by atoms with Gasteiger partial charge in [-0.15, -0.1) is 11.3 Å². The molecule has 2 aromatic rings. The Hall–Kier alpha value is -1.59. The molecule has 1 aromatic carbocycles. The third-order valence-electron chi connectivity index (χ3n) is 5.73. The minimum absolute atomic E-state index is 0.693. The summed E-state index contributed by atoms with van der Waals surface area (Å²) in [5, 5.41) is 1.11. The monoisotopic (exact) mass is 357 g/mol. The average Bonchev–Trinajstić information content (AvgIpc) is 3.17. The van der Waals surface area contributed by atoms with Gasteiger partial charge < -0.3 is 9.64 Å². The number of benzene rings is 1. The number of piperidine rings is 1. The van der Waals surface area contributed by atoms with E-state index < -0.39 is 0 Å². The van der Waals surface area contributed by atoms with Gasteiger partial charge in [-0.25, -0.2) is 4.98 Å². The molecule has 4 rings (SSSR count). The van der Waals surface area contributed by atoms with Gasteiger partial charge in [-0.3, -0.25) is 4.90 Å². The molecule has 25 heavy (non-hydrogen) atoms. The molecule has 3 heterocycles. The minimum Gasteiger partial charge on any atom is -0.497 e. The fraction of sp³-hybridized carbons (Fsp3) is 0.550. The fourth-order valence-corrected chi connectivity index (χ4v) is 5.28. The summed E-state index contributed by atoms with van der Waals surface area (Å²) in [6, 6.07) is 10.1. The number of hydrogen-bond acceptors (Lipinski definition) is 5. The SMILES string of the molecule is COc1ccc(C2C[C@H]3CC[C@@H](C2)N3Cc2cnc(N(C)C)s2)cc1. The summed E-state index contributed by atoms with van der Waals surface area (Å²) in [7, 11) is 5.86. The van der Waals surface area contributed by atoms with Crippen molar-refractivity contribution in [2.24, 2.45) is 0 Å². The van der Waals surface area contributed by atoms with Gasteiger partial charge in [0.05, 0.1) is 7.11 Å². The maximum atomic E-state index is 5.30. The van der Waals surface area contributed by atoms with Gasteiger partial charge in [0.1, 0.15) is 5.75 Å². The van der Waals surface area contributed by atoms with Gasteiger partial charge in [-0.05, 0) is 49.3 Å². The van der Waals surface area contributed by atoms with Crippen LogP contribution in [-0.4, -0.2) is 43.2 Å². The van der Waals surface area contributed by atoms with Gasteiger partial charge in [0, 0.05) is 43.8 Å². The van der Waals surface area contributed by atoms with Crippen molar-refractivity contribution in [2.75, 3.05) is 26.1 Å². The van der Waals surface area contributed by atoms with Crippen molar-refractivity contribution in [3.63, 3.8) is 0 Å². The maximum Gasteiger partial charge on any atom is 0.185 e. The standard InChI is InChI=1S/C20H27N3OS/c1-22(2)20-21-12-19(25-20)13-23-16-6-7-17(23)11-15(10-16)14-4-8-18(24-3)9-5-14/h4-5,8-9,12,15-17H,6-7,10-11,13H2,1-3H3/t15?,16-,17+. The van der Waals surface area contributed by atoms with Crippen LogP contribution >= 0.6 is 11.3 Å². The van der Waals surface area contributed by atoms with E-state index in [1.165, 1.54) is 36.1 Å². The Bertz CT molecular complexity index is 698. The Balaban J connectivity index is 1.44. The van der Waals surface area contributed by atoms with Crippen molar-refractivity contribution in [3.8, 4) is 5.75 Å². The number of fused-ring (bicyclic) bond motifs is 2. The van der Waals surface area contributed by atoms with Crippen molar-refractivity contribution < 1.29 is 4.74 Å². The van der Waals surface area contributed by atoms with Gasteiger partial charge in [-0.1, -0.05) is 12.1 Å². The lowest BCUT2D eigenvalue weighted by atomic mass is 9.85. The normalized spacial score (nSPS) is 26.0. The van der Waals surface area contributed by atoms with Crippen LogP contribution in [0.3, 0.4) is 0 Å². The van der Waals surface area contributed by atoms with Crippen molar-refractivity contribution in [1.82, 2.24) is 9.88 Å². The van der Waals surface area contributed by atoms with Gasteiger partial charge in [0.2, 0.25) is 0 Å². The minimum atomic E-state index is 0.693. The molecule has 0 saturated carbocycles. The molecule has 2 aliphatic heterocycles. The van der Waals surface area contributed by atoms with E-state index in [1.807, 2.05) is 11.3 Å². The lowest BCUT2D eigenvalue weighted by Crippen LogP contribution is -2.41. The van der Waals surface area contributed by atoms with Crippen LogP contribution < -0.4 is 9.64 Å². The molecule has 2 fully saturated rings. The van der Waals surface area contributed by atoms with Crippen molar-refractivity contribution >= 4 is 16.5 Å². The zero-order valence-electron chi connectivity index (χ0n) is 15.3. The quantitative estimate of drug-likeness (QED) is 0.804. The number of ether oxygens (including phenoxy) is 1. The van der Waals surface area contributed by atoms with Crippen LogP contribution in [0.1, 0.15) is 42.0 Å². The van der Waals surface area contributed by atoms with E-state index in [1.54, 1.807) is 7.11 Å². The fourth-order valence-electron chi connectivity index (χ4n) is 4.44. The summed E-state index contributed by atoms with van der Waals surface area (Å²) in [5.41, 5.74) is 1.48. The molecule has 0 spiro atoms. The second-order valence-corrected chi connectivity index (χ2v) is 8.60. The predicted molar refractivity (Wildman–Crippen MR) is 104 cm³/mol.